The van der Waals surface area contributed by atoms with Crippen LogP contribution in [0.2, 0.25) is 0 Å². The highest BCUT2D eigenvalue weighted by molar-refractivity contribution is 7.99. The van der Waals surface area contributed by atoms with Gasteiger partial charge in [0, 0.05) is 49.6 Å². The Labute approximate surface area is 221 Å². The molecule has 3 aromatic carbocycles. The summed E-state index contributed by atoms with van der Waals surface area (Å²) in [5, 5.41) is 9.81. The van der Waals surface area contributed by atoms with E-state index in [2.05, 4.69) is 39.9 Å². The third-order valence-electron chi connectivity index (χ3n) is 6.52. The highest BCUT2D eigenvalue weighted by Gasteiger charge is 2.22. The molecule has 1 fully saturated rings. The molecule has 0 spiro atoms. The molecule has 4 aromatic rings. The van der Waals surface area contributed by atoms with Crippen molar-refractivity contribution >= 4 is 23.4 Å². The van der Waals surface area contributed by atoms with Gasteiger partial charge in [-0.1, -0.05) is 66.4 Å². The lowest BCUT2D eigenvalue weighted by Crippen LogP contribution is -2.49. The van der Waals surface area contributed by atoms with Crippen molar-refractivity contribution in [1.82, 2.24) is 19.7 Å². The quantitative estimate of drug-likeness (QED) is 0.226. The highest BCUT2D eigenvalue weighted by atomic mass is 32.2. The molecule has 0 bridgehead atoms. The number of piperazine rings is 1. The molecule has 0 radical (unpaired) electrons. The van der Waals surface area contributed by atoms with E-state index in [9.17, 15) is 9.18 Å². The zero-order valence-corrected chi connectivity index (χ0v) is 21.7. The average Bonchev–Trinajstić information content (AvgIpc) is 3.36. The Kier molecular flexibility index (Phi) is 7.84. The first kappa shape index (κ1) is 25.0. The van der Waals surface area contributed by atoms with Crippen molar-refractivity contribution in [3.8, 4) is 17.1 Å². The Morgan fingerprint density at radius 1 is 0.919 bits per heavy atom. The molecule has 1 aliphatic heterocycles. The van der Waals surface area contributed by atoms with Crippen molar-refractivity contribution in [2.45, 2.75) is 24.9 Å². The second kappa shape index (κ2) is 11.6. The minimum absolute atomic E-state index is 0.152. The van der Waals surface area contributed by atoms with Crippen molar-refractivity contribution in [2.75, 3.05) is 36.8 Å². The summed E-state index contributed by atoms with van der Waals surface area (Å²) in [4.78, 5) is 16.7. The van der Waals surface area contributed by atoms with Crippen LogP contribution in [0.3, 0.4) is 0 Å². The van der Waals surface area contributed by atoms with Crippen LogP contribution in [0.4, 0.5) is 10.1 Å². The van der Waals surface area contributed by atoms with Crippen LogP contribution in [0.25, 0.3) is 17.1 Å². The summed E-state index contributed by atoms with van der Waals surface area (Å²) in [6, 6.07) is 25.2. The van der Waals surface area contributed by atoms with Crippen LogP contribution in [-0.4, -0.2) is 57.5 Å². The normalized spacial score (nSPS) is 13.7. The number of nitrogens with zero attached hydrogens (tertiary/aromatic N) is 5. The van der Waals surface area contributed by atoms with Gasteiger partial charge in [0.25, 0.3) is 0 Å². The number of amides is 1. The fourth-order valence-corrected chi connectivity index (χ4v) is 5.48. The Hall–Kier alpha value is -3.65. The summed E-state index contributed by atoms with van der Waals surface area (Å²) >= 11 is 1.62. The SMILES string of the molecule is Cc1cccc(-n2c(SCCCC(=O)N3CCN(c4ccccc4F)CC3)nnc2-c2ccccc2)c1. The lowest BCUT2D eigenvalue weighted by atomic mass is 10.2. The number of thioether (sulfide) groups is 1. The molecule has 0 N–H and O–H groups in total. The van der Waals surface area contributed by atoms with Gasteiger partial charge in [0.2, 0.25) is 5.91 Å². The number of carbonyl (C=O) groups is 1. The minimum Gasteiger partial charge on any atom is -0.366 e. The molecule has 8 heteroatoms. The summed E-state index contributed by atoms with van der Waals surface area (Å²) in [5.74, 6) is 1.50. The molecule has 1 saturated heterocycles. The van der Waals surface area contributed by atoms with Gasteiger partial charge in [-0.25, -0.2) is 4.39 Å². The Bertz CT molecular complexity index is 1350. The Balaban J connectivity index is 1.18. The summed E-state index contributed by atoms with van der Waals surface area (Å²) in [5.41, 5.74) is 3.81. The third-order valence-corrected chi connectivity index (χ3v) is 7.53. The van der Waals surface area contributed by atoms with E-state index in [1.807, 2.05) is 52.3 Å². The number of hydrogen-bond acceptors (Lipinski definition) is 5. The predicted octanol–water partition coefficient (Wildman–Crippen LogP) is 5.60. The van der Waals surface area contributed by atoms with E-state index in [1.54, 1.807) is 23.9 Å². The van der Waals surface area contributed by atoms with E-state index in [0.717, 1.165) is 34.4 Å². The molecule has 1 aromatic heterocycles. The summed E-state index contributed by atoms with van der Waals surface area (Å²) in [7, 11) is 0. The average molecular weight is 516 g/mol. The third kappa shape index (κ3) is 5.85. The largest absolute Gasteiger partial charge is 0.366 e. The van der Waals surface area contributed by atoms with Gasteiger partial charge in [-0.2, -0.15) is 0 Å². The smallest absolute Gasteiger partial charge is 0.222 e. The summed E-state index contributed by atoms with van der Waals surface area (Å²) < 4.78 is 16.2. The molecular formula is C29H30FN5OS. The lowest BCUT2D eigenvalue weighted by Gasteiger charge is -2.36. The molecule has 0 aliphatic carbocycles. The molecule has 190 valence electrons. The van der Waals surface area contributed by atoms with Crippen LogP contribution in [0.15, 0.2) is 84.0 Å². The molecule has 1 amide bonds. The molecule has 0 atom stereocenters. The van der Waals surface area contributed by atoms with E-state index in [0.29, 0.717) is 38.3 Å². The molecule has 37 heavy (non-hydrogen) atoms. The maximum atomic E-state index is 14.1. The summed E-state index contributed by atoms with van der Waals surface area (Å²) in [6.45, 7) is 4.59. The van der Waals surface area contributed by atoms with Gasteiger partial charge in [-0.05, 0) is 43.2 Å². The van der Waals surface area contributed by atoms with Gasteiger partial charge in [0.1, 0.15) is 5.82 Å². The van der Waals surface area contributed by atoms with Crippen molar-refractivity contribution in [1.29, 1.82) is 0 Å². The van der Waals surface area contributed by atoms with Gasteiger partial charge in [0.05, 0.1) is 5.69 Å². The number of aromatic nitrogens is 3. The number of carbonyl (C=O) groups excluding carboxylic acids is 1. The number of benzene rings is 3. The van der Waals surface area contributed by atoms with Gasteiger partial charge < -0.3 is 9.80 Å². The first-order valence-electron chi connectivity index (χ1n) is 12.6. The van der Waals surface area contributed by atoms with Gasteiger partial charge in [0.15, 0.2) is 11.0 Å². The Morgan fingerprint density at radius 3 is 2.43 bits per heavy atom. The van der Waals surface area contributed by atoms with E-state index in [-0.39, 0.29) is 11.7 Å². The summed E-state index contributed by atoms with van der Waals surface area (Å²) in [6.07, 6.45) is 1.23. The number of halogens is 1. The fraction of sp³-hybridized carbons (Fsp3) is 0.276. The van der Waals surface area contributed by atoms with Crippen molar-refractivity contribution in [2.24, 2.45) is 0 Å². The standard InChI is InChI=1S/C29H30FN5OS/c1-22-9-7-12-24(21-22)35-28(23-10-3-2-4-11-23)31-32-29(35)37-20-8-15-27(36)34-18-16-33(17-19-34)26-14-6-5-13-25(26)30/h2-7,9-14,21H,8,15-20H2,1H3. The predicted molar refractivity (Wildman–Crippen MR) is 147 cm³/mol. The molecular weight excluding hydrogens is 485 g/mol. The van der Waals surface area contributed by atoms with Gasteiger partial charge in [-0.15, -0.1) is 10.2 Å². The van der Waals surface area contributed by atoms with Crippen LogP contribution in [0, 0.1) is 12.7 Å². The molecule has 1 aliphatic rings. The number of aryl methyl sites for hydroxylation is 1. The van der Waals surface area contributed by atoms with Crippen LogP contribution in [0.1, 0.15) is 18.4 Å². The first-order valence-corrected chi connectivity index (χ1v) is 13.6. The van der Waals surface area contributed by atoms with Crippen LogP contribution in [-0.2, 0) is 4.79 Å². The number of hydrogen-bond donors (Lipinski definition) is 0. The van der Waals surface area contributed by atoms with Gasteiger partial charge >= 0.3 is 0 Å². The van der Waals surface area contributed by atoms with Crippen molar-refractivity contribution < 1.29 is 9.18 Å². The van der Waals surface area contributed by atoms with Crippen LogP contribution < -0.4 is 4.90 Å². The second-order valence-corrected chi connectivity index (χ2v) is 10.2. The zero-order chi connectivity index (χ0) is 25.6. The fourth-order valence-electron chi connectivity index (χ4n) is 4.59. The maximum absolute atomic E-state index is 14.1. The van der Waals surface area contributed by atoms with E-state index < -0.39 is 0 Å². The van der Waals surface area contributed by atoms with Crippen LogP contribution in [0.5, 0.6) is 0 Å². The number of anilines is 1. The minimum atomic E-state index is -0.215. The van der Waals surface area contributed by atoms with E-state index in [4.69, 9.17) is 0 Å². The molecule has 2 heterocycles. The van der Waals surface area contributed by atoms with Crippen LogP contribution >= 0.6 is 11.8 Å². The van der Waals surface area contributed by atoms with Gasteiger partial charge in [-0.3, -0.25) is 9.36 Å². The number of rotatable bonds is 8. The van der Waals surface area contributed by atoms with E-state index in [1.165, 1.54) is 11.6 Å². The molecule has 0 unspecified atom stereocenters. The number of para-hydroxylation sites is 1. The van der Waals surface area contributed by atoms with Crippen molar-refractivity contribution in [3.63, 3.8) is 0 Å². The maximum Gasteiger partial charge on any atom is 0.222 e. The monoisotopic (exact) mass is 515 g/mol. The second-order valence-electron chi connectivity index (χ2n) is 9.12. The molecule has 6 nitrogen and oxygen atoms in total. The lowest BCUT2D eigenvalue weighted by molar-refractivity contribution is -0.131. The first-order chi connectivity index (χ1) is 18.1. The van der Waals surface area contributed by atoms with E-state index >= 15 is 0 Å². The molecule has 0 saturated carbocycles. The topological polar surface area (TPSA) is 54.3 Å². The molecule has 5 rings (SSSR count). The zero-order valence-electron chi connectivity index (χ0n) is 20.9. The highest BCUT2D eigenvalue weighted by Crippen LogP contribution is 2.29. The van der Waals surface area contributed by atoms with Crippen molar-refractivity contribution in [3.05, 3.63) is 90.2 Å². The Morgan fingerprint density at radius 2 is 1.68 bits per heavy atom.